The number of pyridine rings is 1. The number of ether oxygens (including phenoxy) is 3. The molecular formula is C32H36N2O4. The number of aromatic nitrogens is 1. The third-order valence-corrected chi connectivity index (χ3v) is 7.56. The summed E-state index contributed by atoms with van der Waals surface area (Å²) in [5, 5.41) is 0. The number of rotatable bonds is 8. The van der Waals surface area contributed by atoms with E-state index >= 15 is 0 Å². The summed E-state index contributed by atoms with van der Waals surface area (Å²) in [5.74, 6) is 1.15. The lowest BCUT2D eigenvalue weighted by atomic mass is 9.83. The molecule has 2 aliphatic rings. The van der Waals surface area contributed by atoms with E-state index in [4.69, 9.17) is 19.2 Å². The lowest BCUT2D eigenvalue weighted by Crippen LogP contribution is -2.47. The van der Waals surface area contributed by atoms with Crippen molar-refractivity contribution < 1.29 is 19.0 Å². The standard InChI is InChI=1S/C32H36N2O4/c1-36-32(35)34-21-9-14-28(29-15-8-16-31(33-29)38-22-24-10-4-2-5-11-24)30(34)23-37-27-19-17-26(18-20-27)25-12-6-3-7-13-25/h2-8,10-16,26-27,30H,9,17-23H2,1H3. The summed E-state index contributed by atoms with van der Waals surface area (Å²) < 4.78 is 17.6. The van der Waals surface area contributed by atoms with Gasteiger partial charge in [0.15, 0.2) is 0 Å². The van der Waals surface area contributed by atoms with E-state index < -0.39 is 0 Å². The number of methoxy groups -OCH3 is 1. The van der Waals surface area contributed by atoms with Crippen molar-refractivity contribution in [3.05, 3.63) is 102 Å². The van der Waals surface area contributed by atoms with Gasteiger partial charge in [-0.2, -0.15) is 0 Å². The highest BCUT2D eigenvalue weighted by Crippen LogP contribution is 2.35. The van der Waals surface area contributed by atoms with Crippen molar-refractivity contribution in [2.75, 3.05) is 20.3 Å². The first-order valence-corrected chi connectivity index (χ1v) is 13.6. The van der Waals surface area contributed by atoms with Gasteiger partial charge in [0.2, 0.25) is 5.88 Å². The number of benzene rings is 2. The van der Waals surface area contributed by atoms with Crippen LogP contribution in [-0.4, -0.2) is 48.4 Å². The van der Waals surface area contributed by atoms with Crippen LogP contribution in [0.5, 0.6) is 5.88 Å². The minimum absolute atomic E-state index is 0.186. The van der Waals surface area contributed by atoms with Crippen LogP contribution in [0.15, 0.2) is 84.9 Å². The molecule has 1 aliphatic carbocycles. The van der Waals surface area contributed by atoms with Gasteiger partial charge in [-0.25, -0.2) is 9.78 Å². The highest BCUT2D eigenvalue weighted by molar-refractivity contribution is 5.76. The van der Waals surface area contributed by atoms with Crippen molar-refractivity contribution in [3.63, 3.8) is 0 Å². The first-order chi connectivity index (χ1) is 18.7. The van der Waals surface area contributed by atoms with E-state index in [-0.39, 0.29) is 18.2 Å². The molecule has 3 aromatic rings. The fourth-order valence-corrected chi connectivity index (χ4v) is 5.51. The Kier molecular flexibility index (Phi) is 8.71. The average Bonchev–Trinajstić information content (AvgIpc) is 3.00. The first kappa shape index (κ1) is 26.0. The van der Waals surface area contributed by atoms with Crippen LogP contribution in [0.1, 0.15) is 54.8 Å². The van der Waals surface area contributed by atoms with Crippen LogP contribution in [0.4, 0.5) is 4.79 Å². The molecule has 38 heavy (non-hydrogen) atoms. The Hall–Kier alpha value is -3.64. The van der Waals surface area contributed by atoms with Crippen molar-refractivity contribution in [1.82, 2.24) is 9.88 Å². The van der Waals surface area contributed by atoms with Crippen molar-refractivity contribution >= 4 is 11.7 Å². The number of nitrogens with zero attached hydrogens (tertiary/aromatic N) is 2. The zero-order valence-corrected chi connectivity index (χ0v) is 22.0. The Morgan fingerprint density at radius 1 is 0.921 bits per heavy atom. The predicted octanol–water partition coefficient (Wildman–Crippen LogP) is 6.63. The molecule has 5 rings (SSSR count). The van der Waals surface area contributed by atoms with E-state index in [1.807, 2.05) is 48.5 Å². The number of carbonyl (C=O) groups is 1. The van der Waals surface area contributed by atoms with Gasteiger partial charge >= 0.3 is 6.09 Å². The van der Waals surface area contributed by atoms with E-state index in [1.165, 1.54) is 12.7 Å². The number of hydrogen-bond donors (Lipinski definition) is 0. The van der Waals surface area contributed by atoms with E-state index in [0.717, 1.165) is 48.9 Å². The maximum Gasteiger partial charge on any atom is 0.410 e. The zero-order valence-electron chi connectivity index (χ0n) is 22.0. The van der Waals surface area contributed by atoms with Gasteiger partial charge in [-0.05, 0) is 60.8 Å². The quantitative estimate of drug-likeness (QED) is 0.339. The largest absolute Gasteiger partial charge is 0.473 e. The molecule has 1 aliphatic heterocycles. The summed E-state index contributed by atoms with van der Waals surface area (Å²) in [6.45, 7) is 1.45. The molecule has 0 bridgehead atoms. The van der Waals surface area contributed by atoms with Crippen LogP contribution in [-0.2, 0) is 16.1 Å². The third kappa shape index (κ3) is 6.43. The molecule has 1 fully saturated rings. The van der Waals surface area contributed by atoms with Gasteiger partial charge in [0.05, 0.1) is 31.6 Å². The molecule has 1 aromatic heterocycles. The van der Waals surface area contributed by atoms with E-state index in [1.54, 1.807) is 4.90 Å². The van der Waals surface area contributed by atoms with Crippen LogP contribution in [0.2, 0.25) is 0 Å². The summed E-state index contributed by atoms with van der Waals surface area (Å²) in [6.07, 6.45) is 7.02. The normalized spacial score (nSPS) is 21.4. The van der Waals surface area contributed by atoms with Crippen molar-refractivity contribution in [2.45, 2.75) is 56.8 Å². The second kappa shape index (κ2) is 12.7. The van der Waals surface area contributed by atoms with Gasteiger partial charge in [0.1, 0.15) is 6.61 Å². The van der Waals surface area contributed by atoms with Crippen LogP contribution < -0.4 is 4.74 Å². The minimum atomic E-state index is -0.339. The second-order valence-corrected chi connectivity index (χ2v) is 9.98. The molecule has 0 spiro atoms. The molecule has 1 saturated carbocycles. The van der Waals surface area contributed by atoms with Crippen LogP contribution in [0.3, 0.4) is 0 Å². The molecule has 1 atom stereocenters. The highest BCUT2D eigenvalue weighted by Gasteiger charge is 2.33. The maximum atomic E-state index is 12.7. The van der Waals surface area contributed by atoms with Crippen molar-refractivity contribution in [3.8, 4) is 5.88 Å². The summed E-state index contributed by atoms with van der Waals surface area (Å²) in [4.78, 5) is 19.3. The van der Waals surface area contributed by atoms with Crippen LogP contribution in [0.25, 0.3) is 5.57 Å². The Labute approximate surface area is 225 Å². The number of amides is 1. The van der Waals surface area contributed by atoms with Gasteiger partial charge in [-0.15, -0.1) is 0 Å². The lowest BCUT2D eigenvalue weighted by Gasteiger charge is -2.37. The molecule has 2 aromatic carbocycles. The van der Waals surface area contributed by atoms with Crippen molar-refractivity contribution in [1.29, 1.82) is 0 Å². The second-order valence-electron chi connectivity index (χ2n) is 9.98. The summed E-state index contributed by atoms with van der Waals surface area (Å²) in [7, 11) is 1.43. The number of hydrogen-bond acceptors (Lipinski definition) is 5. The maximum absolute atomic E-state index is 12.7. The SMILES string of the molecule is COC(=O)N1CCC=C(c2cccc(OCc3ccccc3)n2)C1COC1CCC(c2ccccc2)CC1. The Morgan fingerprint density at radius 2 is 1.66 bits per heavy atom. The monoisotopic (exact) mass is 512 g/mol. The van der Waals surface area contributed by atoms with Gasteiger partial charge in [0, 0.05) is 12.6 Å². The van der Waals surface area contributed by atoms with Gasteiger partial charge in [-0.1, -0.05) is 72.8 Å². The third-order valence-electron chi connectivity index (χ3n) is 7.56. The Morgan fingerprint density at radius 3 is 2.39 bits per heavy atom. The molecule has 0 saturated heterocycles. The van der Waals surface area contributed by atoms with Gasteiger partial charge < -0.3 is 14.2 Å². The zero-order chi connectivity index (χ0) is 26.2. The smallest absolute Gasteiger partial charge is 0.410 e. The highest BCUT2D eigenvalue weighted by atomic mass is 16.5. The Balaban J connectivity index is 1.26. The minimum Gasteiger partial charge on any atom is -0.473 e. The molecule has 0 N–H and O–H groups in total. The molecule has 198 valence electrons. The molecule has 2 heterocycles. The molecule has 1 unspecified atom stereocenters. The molecule has 6 heteroatoms. The fourth-order valence-electron chi connectivity index (χ4n) is 5.51. The molecule has 0 radical (unpaired) electrons. The average molecular weight is 513 g/mol. The number of carbonyl (C=O) groups excluding carboxylic acids is 1. The van der Waals surface area contributed by atoms with E-state index in [2.05, 4.69) is 36.4 Å². The molecular weight excluding hydrogens is 476 g/mol. The van der Waals surface area contributed by atoms with Gasteiger partial charge in [0.25, 0.3) is 0 Å². The van der Waals surface area contributed by atoms with E-state index in [9.17, 15) is 4.79 Å². The van der Waals surface area contributed by atoms with Crippen LogP contribution in [0, 0.1) is 0 Å². The molecule has 1 amide bonds. The van der Waals surface area contributed by atoms with E-state index in [0.29, 0.717) is 31.6 Å². The Bertz CT molecular complexity index is 1210. The topological polar surface area (TPSA) is 60.9 Å². The van der Waals surface area contributed by atoms with Crippen LogP contribution >= 0.6 is 0 Å². The molecule has 6 nitrogen and oxygen atoms in total. The predicted molar refractivity (Wildman–Crippen MR) is 148 cm³/mol. The fraction of sp³-hybridized carbons (Fsp3) is 0.375. The van der Waals surface area contributed by atoms with Crippen molar-refractivity contribution in [2.24, 2.45) is 0 Å². The lowest BCUT2D eigenvalue weighted by molar-refractivity contribution is 0.000153. The summed E-state index contributed by atoms with van der Waals surface area (Å²) in [6, 6.07) is 26.3. The first-order valence-electron chi connectivity index (χ1n) is 13.6. The summed E-state index contributed by atoms with van der Waals surface area (Å²) >= 11 is 0. The van der Waals surface area contributed by atoms with Gasteiger partial charge in [-0.3, -0.25) is 4.90 Å². The summed E-state index contributed by atoms with van der Waals surface area (Å²) in [5.41, 5.74) is 4.28.